The number of morpholine rings is 1. The highest BCUT2D eigenvalue weighted by Gasteiger charge is 2.48. The molecule has 0 bridgehead atoms. The Hall–Kier alpha value is -0.900. The van der Waals surface area contributed by atoms with Gasteiger partial charge in [-0.1, -0.05) is 24.3 Å². The Labute approximate surface area is 115 Å². The third-order valence-corrected chi connectivity index (χ3v) is 4.71. The Bertz CT molecular complexity index is 434. The Balaban J connectivity index is 1.81. The summed E-state index contributed by atoms with van der Waals surface area (Å²) < 4.78 is 5.42. The summed E-state index contributed by atoms with van der Waals surface area (Å²) in [7, 11) is 0. The van der Waals surface area contributed by atoms with Crippen LogP contribution >= 0.6 is 0 Å². The maximum Gasteiger partial charge on any atom is 0.0594 e. The van der Waals surface area contributed by atoms with E-state index >= 15 is 0 Å². The molecule has 2 N–H and O–H groups in total. The smallest absolute Gasteiger partial charge is 0.0594 e. The largest absolute Gasteiger partial charge is 0.379 e. The molecule has 1 aromatic rings. The lowest BCUT2D eigenvalue weighted by Crippen LogP contribution is -2.37. The Morgan fingerprint density at radius 1 is 1.26 bits per heavy atom. The summed E-state index contributed by atoms with van der Waals surface area (Å²) in [6.07, 6.45) is 2.48. The molecule has 0 aromatic heterocycles. The molecule has 0 spiro atoms. The number of hydrogen-bond donors (Lipinski definition) is 1. The van der Waals surface area contributed by atoms with Gasteiger partial charge in [0.2, 0.25) is 0 Å². The highest BCUT2D eigenvalue weighted by molar-refractivity contribution is 5.40. The molecule has 0 radical (unpaired) electrons. The lowest BCUT2D eigenvalue weighted by atomic mass is 9.86. The van der Waals surface area contributed by atoms with Gasteiger partial charge in [0.15, 0.2) is 0 Å². The highest BCUT2D eigenvalue weighted by atomic mass is 16.5. The van der Waals surface area contributed by atoms with Crippen LogP contribution in [0, 0.1) is 0 Å². The zero-order valence-corrected chi connectivity index (χ0v) is 11.8. The lowest BCUT2D eigenvalue weighted by molar-refractivity contribution is 0.0340. The summed E-state index contributed by atoms with van der Waals surface area (Å²) in [5.74, 6) is 0. The molecule has 19 heavy (non-hydrogen) atoms. The average Bonchev–Trinajstić information content (AvgIpc) is 3.22. The van der Waals surface area contributed by atoms with Crippen LogP contribution in [0.3, 0.4) is 0 Å². The molecule has 3 nitrogen and oxygen atoms in total. The van der Waals surface area contributed by atoms with Gasteiger partial charge in [-0.25, -0.2) is 0 Å². The van der Waals surface area contributed by atoms with Gasteiger partial charge in [-0.2, -0.15) is 0 Å². The fourth-order valence-electron chi connectivity index (χ4n) is 3.25. The standard InChI is InChI=1S/C16H24N2O/c1-13(17)16(6-7-16)15-5-3-2-4-14(15)12-18-8-10-19-11-9-18/h2-5,13H,6-12,17H2,1H3. The van der Waals surface area contributed by atoms with E-state index in [1.165, 1.54) is 24.0 Å². The second-order valence-corrected chi connectivity index (χ2v) is 5.99. The lowest BCUT2D eigenvalue weighted by Gasteiger charge is -2.29. The predicted octanol–water partition coefficient (Wildman–Crippen LogP) is 1.90. The zero-order valence-electron chi connectivity index (χ0n) is 11.8. The quantitative estimate of drug-likeness (QED) is 0.898. The van der Waals surface area contributed by atoms with E-state index in [1.54, 1.807) is 0 Å². The van der Waals surface area contributed by atoms with Crippen molar-refractivity contribution in [2.45, 2.75) is 37.8 Å². The van der Waals surface area contributed by atoms with E-state index in [2.05, 4.69) is 36.1 Å². The predicted molar refractivity (Wildman–Crippen MR) is 77.1 cm³/mol. The summed E-state index contributed by atoms with van der Waals surface area (Å²) in [4.78, 5) is 2.49. The average molecular weight is 260 g/mol. The third-order valence-electron chi connectivity index (χ3n) is 4.71. The first-order valence-corrected chi connectivity index (χ1v) is 7.36. The second-order valence-electron chi connectivity index (χ2n) is 5.99. The fraction of sp³-hybridized carbons (Fsp3) is 0.625. The van der Waals surface area contributed by atoms with Crippen molar-refractivity contribution >= 4 is 0 Å². The van der Waals surface area contributed by atoms with Gasteiger partial charge in [0.1, 0.15) is 0 Å². The van der Waals surface area contributed by atoms with Gasteiger partial charge in [-0.05, 0) is 30.9 Å². The molecule has 1 aromatic carbocycles. The van der Waals surface area contributed by atoms with Crippen molar-refractivity contribution in [1.82, 2.24) is 4.90 Å². The topological polar surface area (TPSA) is 38.5 Å². The van der Waals surface area contributed by atoms with Crippen molar-refractivity contribution in [3.05, 3.63) is 35.4 Å². The summed E-state index contributed by atoms with van der Waals surface area (Å²) in [5.41, 5.74) is 9.43. The van der Waals surface area contributed by atoms with E-state index in [0.717, 1.165) is 32.8 Å². The van der Waals surface area contributed by atoms with Crippen LogP contribution in [0.15, 0.2) is 24.3 Å². The third kappa shape index (κ3) is 2.55. The van der Waals surface area contributed by atoms with Crippen molar-refractivity contribution in [2.24, 2.45) is 5.73 Å². The Morgan fingerprint density at radius 2 is 1.95 bits per heavy atom. The molecule has 1 aliphatic heterocycles. The monoisotopic (exact) mass is 260 g/mol. The number of nitrogens with zero attached hydrogens (tertiary/aromatic N) is 1. The number of benzene rings is 1. The van der Waals surface area contributed by atoms with Crippen molar-refractivity contribution in [2.75, 3.05) is 26.3 Å². The van der Waals surface area contributed by atoms with E-state index < -0.39 is 0 Å². The first-order chi connectivity index (χ1) is 9.22. The molecular weight excluding hydrogens is 236 g/mol. The first-order valence-electron chi connectivity index (χ1n) is 7.36. The number of hydrogen-bond acceptors (Lipinski definition) is 3. The molecule has 3 heteroatoms. The van der Waals surface area contributed by atoms with E-state index in [9.17, 15) is 0 Å². The van der Waals surface area contributed by atoms with Gasteiger partial charge < -0.3 is 10.5 Å². The molecule has 104 valence electrons. The first kappa shape index (κ1) is 13.1. The summed E-state index contributed by atoms with van der Waals surface area (Å²) in [5, 5.41) is 0. The Kier molecular flexibility index (Phi) is 3.61. The van der Waals surface area contributed by atoms with E-state index in [1.807, 2.05) is 0 Å². The van der Waals surface area contributed by atoms with Crippen molar-refractivity contribution in [3.8, 4) is 0 Å². The van der Waals surface area contributed by atoms with Gasteiger partial charge >= 0.3 is 0 Å². The summed E-state index contributed by atoms with van der Waals surface area (Å²) in [6.45, 7) is 6.99. The van der Waals surface area contributed by atoms with Crippen LogP contribution in [0.2, 0.25) is 0 Å². The fourth-order valence-corrected chi connectivity index (χ4v) is 3.25. The minimum absolute atomic E-state index is 0.248. The van der Waals surface area contributed by atoms with Gasteiger partial charge in [-0.3, -0.25) is 4.90 Å². The van der Waals surface area contributed by atoms with E-state index in [0.29, 0.717) is 0 Å². The Morgan fingerprint density at radius 3 is 2.58 bits per heavy atom. The highest BCUT2D eigenvalue weighted by Crippen LogP contribution is 2.51. The van der Waals surface area contributed by atoms with Crippen LogP contribution in [-0.4, -0.2) is 37.2 Å². The second kappa shape index (κ2) is 5.23. The number of rotatable bonds is 4. The van der Waals surface area contributed by atoms with Crippen LogP contribution in [0.1, 0.15) is 30.9 Å². The van der Waals surface area contributed by atoms with Gasteiger partial charge in [0, 0.05) is 31.1 Å². The SMILES string of the molecule is CC(N)C1(c2ccccc2CN2CCOCC2)CC1. The summed E-state index contributed by atoms with van der Waals surface area (Å²) >= 11 is 0. The van der Waals surface area contributed by atoms with Crippen molar-refractivity contribution < 1.29 is 4.74 Å². The normalized spacial score (nSPS) is 24.1. The molecule has 3 rings (SSSR count). The van der Waals surface area contributed by atoms with E-state index in [4.69, 9.17) is 10.5 Å². The number of ether oxygens (including phenoxy) is 1. The maximum absolute atomic E-state index is 6.23. The van der Waals surface area contributed by atoms with Crippen LogP contribution in [-0.2, 0) is 16.7 Å². The molecule has 1 aliphatic carbocycles. The van der Waals surface area contributed by atoms with Gasteiger partial charge in [0.05, 0.1) is 13.2 Å². The molecule has 1 heterocycles. The molecule has 1 saturated heterocycles. The van der Waals surface area contributed by atoms with Crippen LogP contribution < -0.4 is 5.73 Å². The minimum atomic E-state index is 0.248. The molecular formula is C16H24N2O. The van der Waals surface area contributed by atoms with Gasteiger partial charge in [-0.15, -0.1) is 0 Å². The van der Waals surface area contributed by atoms with E-state index in [-0.39, 0.29) is 11.5 Å². The minimum Gasteiger partial charge on any atom is -0.379 e. The van der Waals surface area contributed by atoms with Crippen LogP contribution in [0.4, 0.5) is 0 Å². The van der Waals surface area contributed by atoms with Crippen LogP contribution in [0.25, 0.3) is 0 Å². The molecule has 1 saturated carbocycles. The van der Waals surface area contributed by atoms with Crippen molar-refractivity contribution in [3.63, 3.8) is 0 Å². The molecule has 2 fully saturated rings. The zero-order chi connectivity index (χ0) is 13.3. The molecule has 1 atom stereocenters. The van der Waals surface area contributed by atoms with Gasteiger partial charge in [0.25, 0.3) is 0 Å². The van der Waals surface area contributed by atoms with Crippen molar-refractivity contribution in [1.29, 1.82) is 0 Å². The molecule has 0 amide bonds. The van der Waals surface area contributed by atoms with Crippen LogP contribution in [0.5, 0.6) is 0 Å². The summed E-state index contributed by atoms with van der Waals surface area (Å²) in [6, 6.07) is 9.11. The number of nitrogens with two attached hydrogens (primary N) is 1. The molecule has 1 unspecified atom stereocenters. The molecule has 2 aliphatic rings. The maximum atomic E-state index is 6.23.